The maximum atomic E-state index is 11.9. The van der Waals surface area contributed by atoms with Crippen molar-refractivity contribution < 1.29 is 14.3 Å². The van der Waals surface area contributed by atoms with Gasteiger partial charge in [-0.3, -0.25) is 4.79 Å². The lowest BCUT2D eigenvalue weighted by atomic mass is 10.2. The Bertz CT molecular complexity index is 626. The van der Waals surface area contributed by atoms with E-state index in [-0.39, 0.29) is 18.6 Å². The number of halogens is 1. The zero-order valence-corrected chi connectivity index (χ0v) is 15.4. The molecule has 0 aromatic heterocycles. The van der Waals surface area contributed by atoms with Gasteiger partial charge in [0.05, 0.1) is 6.04 Å². The van der Waals surface area contributed by atoms with Crippen molar-refractivity contribution in [3.05, 3.63) is 57.7 Å². The molecule has 23 heavy (non-hydrogen) atoms. The van der Waals surface area contributed by atoms with Gasteiger partial charge in [0, 0.05) is 3.57 Å². The van der Waals surface area contributed by atoms with Gasteiger partial charge >= 0.3 is 0 Å². The number of hydrogen-bond acceptors (Lipinski definition) is 3. The average Bonchev–Trinajstić information content (AvgIpc) is 2.54. The van der Waals surface area contributed by atoms with Crippen LogP contribution < -0.4 is 14.8 Å². The fourth-order valence-electron chi connectivity index (χ4n) is 1.89. The van der Waals surface area contributed by atoms with Crippen LogP contribution in [0.25, 0.3) is 0 Å². The Morgan fingerprint density at radius 2 is 1.61 bits per heavy atom. The van der Waals surface area contributed by atoms with Gasteiger partial charge in [-0.05, 0) is 72.8 Å². The van der Waals surface area contributed by atoms with Crippen molar-refractivity contribution in [2.24, 2.45) is 0 Å². The number of rotatable bonds is 7. The first-order chi connectivity index (χ1) is 11.0. The highest BCUT2D eigenvalue weighted by Crippen LogP contribution is 2.13. The van der Waals surface area contributed by atoms with E-state index in [0.29, 0.717) is 12.4 Å². The summed E-state index contributed by atoms with van der Waals surface area (Å²) in [6.45, 7) is 4.34. The predicted octanol–water partition coefficient (Wildman–Crippen LogP) is 3.56. The van der Waals surface area contributed by atoms with Gasteiger partial charge in [0.25, 0.3) is 5.91 Å². The van der Waals surface area contributed by atoms with Gasteiger partial charge in [0.15, 0.2) is 6.61 Å². The van der Waals surface area contributed by atoms with Crippen LogP contribution in [-0.2, 0) is 4.79 Å². The second-order valence-corrected chi connectivity index (χ2v) is 6.58. The summed E-state index contributed by atoms with van der Waals surface area (Å²) in [6, 6.07) is 15.3. The number of carbonyl (C=O) groups excluding carboxylic acids is 1. The summed E-state index contributed by atoms with van der Waals surface area (Å²) in [4.78, 5) is 11.9. The van der Waals surface area contributed by atoms with Gasteiger partial charge in [-0.1, -0.05) is 17.7 Å². The number of benzene rings is 2. The molecule has 1 N–H and O–H groups in total. The van der Waals surface area contributed by atoms with E-state index in [1.54, 1.807) is 0 Å². The molecule has 2 aromatic rings. The molecule has 2 rings (SSSR count). The smallest absolute Gasteiger partial charge is 0.258 e. The molecule has 4 nitrogen and oxygen atoms in total. The van der Waals surface area contributed by atoms with Crippen molar-refractivity contribution in [1.29, 1.82) is 0 Å². The van der Waals surface area contributed by atoms with Crippen LogP contribution in [0, 0.1) is 10.5 Å². The molecule has 0 radical (unpaired) electrons. The van der Waals surface area contributed by atoms with E-state index in [9.17, 15) is 4.79 Å². The Morgan fingerprint density at radius 3 is 2.26 bits per heavy atom. The number of nitrogens with one attached hydrogen (secondary N) is 1. The summed E-state index contributed by atoms with van der Waals surface area (Å²) in [6.07, 6.45) is 0. The van der Waals surface area contributed by atoms with Gasteiger partial charge in [0.1, 0.15) is 18.1 Å². The highest BCUT2D eigenvalue weighted by Gasteiger charge is 2.09. The van der Waals surface area contributed by atoms with Crippen LogP contribution in [0.1, 0.15) is 12.5 Å². The summed E-state index contributed by atoms with van der Waals surface area (Å²) in [5.74, 6) is 1.32. The van der Waals surface area contributed by atoms with Crippen molar-refractivity contribution in [2.45, 2.75) is 19.9 Å². The Hall–Kier alpha value is -1.76. The second-order valence-electron chi connectivity index (χ2n) is 5.34. The maximum Gasteiger partial charge on any atom is 0.258 e. The van der Waals surface area contributed by atoms with Crippen molar-refractivity contribution in [3.8, 4) is 11.5 Å². The molecular weight excluding hydrogens is 405 g/mol. The first kappa shape index (κ1) is 17.6. The van der Waals surface area contributed by atoms with Gasteiger partial charge in [0.2, 0.25) is 0 Å². The van der Waals surface area contributed by atoms with E-state index in [0.717, 1.165) is 9.32 Å². The van der Waals surface area contributed by atoms with E-state index in [1.807, 2.05) is 62.4 Å². The molecule has 1 amide bonds. The highest BCUT2D eigenvalue weighted by molar-refractivity contribution is 14.1. The van der Waals surface area contributed by atoms with E-state index >= 15 is 0 Å². The third-order valence-electron chi connectivity index (χ3n) is 3.11. The Labute approximate surface area is 150 Å². The molecule has 0 spiro atoms. The van der Waals surface area contributed by atoms with Crippen LogP contribution in [0.5, 0.6) is 11.5 Å². The van der Waals surface area contributed by atoms with Crippen LogP contribution >= 0.6 is 22.6 Å². The van der Waals surface area contributed by atoms with Crippen LogP contribution in [0.3, 0.4) is 0 Å². The minimum Gasteiger partial charge on any atom is -0.491 e. The summed E-state index contributed by atoms with van der Waals surface area (Å²) in [7, 11) is 0. The summed E-state index contributed by atoms with van der Waals surface area (Å²) >= 11 is 2.22. The minimum absolute atomic E-state index is 0.00450. The number of ether oxygens (including phenoxy) is 2. The van der Waals surface area contributed by atoms with Crippen LogP contribution in [-0.4, -0.2) is 25.2 Å². The molecule has 1 atom stereocenters. The largest absolute Gasteiger partial charge is 0.491 e. The first-order valence-electron chi connectivity index (χ1n) is 7.40. The van der Waals surface area contributed by atoms with Gasteiger partial charge in [-0.15, -0.1) is 0 Å². The first-order valence-corrected chi connectivity index (χ1v) is 8.48. The zero-order chi connectivity index (χ0) is 16.7. The Kier molecular flexibility index (Phi) is 6.70. The van der Waals surface area contributed by atoms with Crippen molar-refractivity contribution in [1.82, 2.24) is 5.32 Å². The zero-order valence-electron chi connectivity index (χ0n) is 13.2. The van der Waals surface area contributed by atoms with E-state index in [1.165, 1.54) is 5.56 Å². The van der Waals surface area contributed by atoms with Crippen LogP contribution in [0.2, 0.25) is 0 Å². The summed E-state index contributed by atoms with van der Waals surface area (Å²) in [5.41, 5.74) is 1.19. The second kappa shape index (κ2) is 8.76. The Morgan fingerprint density at radius 1 is 1.04 bits per heavy atom. The predicted molar refractivity (Wildman–Crippen MR) is 98.9 cm³/mol. The summed E-state index contributed by atoms with van der Waals surface area (Å²) in [5, 5.41) is 2.85. The molecule has 2 aromatic carbocycles. The third-order valence-corrected chi connectivity index (χ3v) is 3.83. The van der Waals surface area contributed by atoms with E-state index < -0.39 is 0 Å². The fraction of sp³-hybridized carbons (Fsp3) is 0.278. The molecule has 122 valence electrons. The summed E-state index contributed by atoms with van der Waals surface area (Å²) < 4.78 is 12.2. The van der Waals surface area contributed by atoms with E-state index in [2.05, 4.69) is 27.9 Å². The van der Waals surface area contributed by atoms with Gasteiger partial charge in [-0.2, -0.15) is 0 Å². The van der Waals surface area contributed by atoms with Gasteiger partial charge in [-0.25, -0.2) is 0 Å². The monoisotopic (exact) mass is 425 g/mol. The molecule has 0 unspecified atom stereocenters. The van der Waals surface area contributed by atoms with Crippen LogP contribution in [0.15, 0.2) is 48.5 Å². The van der Waals surface area contributed by atoms with Crippen molar-refractivity contribution >= 4 is 28.5 Å². The number of aryl methyl sites for hydroxylation is 1. The number of carbonyl (C=O) groups is 1. The number of amides is 1. The Balaban J connectivity index is 1.69. The topological polar surface area (TPSA) is 47.6 Å². The third kappa shape index (κ3) is 6.48. The molecule has 0 saturated heterocycles. The standard InChI is InChI=1S/C18H20INO3/c1-13-3-7-16(8-4-13)22-11-14(2)20-18(21)12-23-17-9-5-15(19)6-10-17/h3-10,14H,11-12H2,1-2H3,(H,20,21)/t14-/m1/s1. The molecule has 0 aliphatic heterocycles. The average molecular weight is 425 g/mol. The molecule has 0 bridgehead atoms. The molecular formula is C18H20INO3. The number of hydrogen-bond donors (Lipinski definition) is 1. The fourth-order valence-corrected chi connectivity index (χ4v) is 2.25. The van der Waals surface area contributed by atoms with Crippen LogP contribution in [0.4, 0.5) is 0 Å². The van der Waals surface area contributed by atoms with Gasteiger partial charge < -0.3 is 14.8 Å². The molecule has 0 aliphatic carbocycles. The molecule has 0 fully saturated rings. The normalized spacial score (nSPS) is 11.6. The lowest BCUT2D eigenvalue weighted by molar-refractivity contribution is -0.123. The maximum absolute atomic E-state index is 11.9. The molecule has 5 heteroatoms. The molecule has 0 aliphatic rings. The molecule has 0 saturated carbocycles. The van der Waals surface area contributed by atoms with Crippen molar-refractivity contribution in [2.75, 3.05) is 13.2 Å². The molecule has 0 heterocycles. The van der Waals surface area contributed by atoms with E-state index in [4.69, 9.17) is 9.47 Å². The minimum atomic E-state index is -0.163. The highest BCUT2D eigenvalue weighted by atomic mass is 127. The van der Waals surface area contributed by atoms with Crippen molar-refractivity contribution in [3.63, 3.8) is 0 Å². The lowest BCUT2D eigenvalue weighted by Gasteiger charge is -2.15. The SMILES string of the molecule is Cc1ccc(OC[C@@H](C)NC(=O)COc2ccc(I)cc2)cc1. The quantitative estimate of drug-likeness (QED) is 0.691. The lowest BCUT2D eigenvalue weighted by Crippen LogP contribution is -2.39.